The van der Waals surface area contributed by atoms with Crippen LogP contribution in [0.25, 0.3) is 11.0 Å². The maximum absolute atomic E-state index is 4.46. The van der Waals surface area contributed by atoms with Crippen LogP contribution in [0.2, 0.25) is 0 Å². The summed E-state index contributed by atoms with van der Waals surface area (Å²) >= 11 is 0. The third kappa shape index (κ3) is 2.76. The quantitative estimate of drug-likeness (QED) is 0.648. The Bertz CT molecular complexity index is 554. The molecule has 0 spiro atoms. The maximum atomic E-state index is 4.46. The third-order valence-corrected chi connectivity index (χ3v) is 2.97. The number of rotatable bonds is 5. The van der Waals surface area contributed by atoms with Gasteiger partial charge in [0, 0.05) is 25.2 Å². The third-order valence-electron chi connectivity index (χ3n) is 2.97. The average Bonchev–Trinajstić information content (AvgIpc) is 2.65. The molecule has 0 aromatic carbocycles. The topological polar surface area (TPSA) is 42.7 Å². The fourth-order valence-electron chi connectivity index (χ4n) is 2.03. The molecular formula is C14H20N4. The van der Waals surface area contributed by atoms with Crippen LogP contribution in [0.1, 0.15) is 24.6 Å². The highest BCUT2D eigenvalue weighted by Crippen LogP contribution is 2.16. The number of pyridine rings is 1. The lowest BCUT2D eigenvalue weighted by molar-refractivity contribution is 0.694. The lowest BCUT2D eigenvalue weighted by Crippen LogP contribution is -2.14. The molecule has 0 aliphatic rings. The Morgan fingerprint density at radius 2 is 2.28 bits per heavy atom. The molecule has 0 unspecified atom stereocenters. The van der Waals surface area contributed by atoms with Gasteiger partial charge in [0.15, 0.2) is 5.65 Å². The monoisotopic (exact) mass is 244 g/mol. The van der Waals surface area contributed by atoms with Gasteiger partial charge in [-0.1, -0.05) is 12.2 Å². The van der Waals surface area contributed by atoms with Crippen LogP contribution in [0.4, 0.5) is 0 Å². The molecule has 0 aliphatic heterocycles. The first-order valence-corrected chi connectivity index (χ1v) is 6.32. The van der Waals surface area contributed by atoms with Crippen molar-refractivity contribution in [1.29, 1.82) is 0 Å². The van der Waals surface area contributed by atoms with Crippen molar-refractivity contribution >= 4 is 11.0 Å². The number of aryl methyl sites for hydroxylation is 2. The second kappa shape index (κ2) is 5.78. The molecule has 0 aliphatic carbocycles. The van der Waals surface area contributed by atoms with Crippen LogP contribution >= 0.6 is 0 Å². The number of nitrogens with zero attached hydrogens (tertiary/aromatic N) is 3. The zero-order chi connectivity index (χ0) is 13.0. The first kappa shape index (κ1) is 12.8. The fourth-order valence-corrected chi connectivity index (χ4v) is 2.03. The van der Waals surface area contributed by atoms with Crippen molar-refractivity contribution in [2.45, 2.75) is 26.8 Å². The molecule has 2 heterocycles. The van der Waals surface area contributed by atoms with E-state index in [1.165, 1.54) is 5.56 Å². The summed E-state index contributed by atoms with van der Waals surface area (Å²) in [5.74, 6) is 0. The summed E-state index contributed by atoms with van der Waals surface area (Å²) in [6.45, 7) is 5.92. The summed E-state index contributed by atoms with van der Waals surface area (Å²) in [5, 5.41) is 8.93. The van der Waals surface area contributed by atoms with E-state index in [-0.39, 0.29) is 0 Å². The fraction of sp³-hybridized carbons (Fsp3) is 0.429. The summed E-state index contributed by atoms with van der Waals surface area (Å²) in [6, 6.07) is 2.17. The summed E-state index contributed by atoms with van der Waals surface area (Å²) < 4.78 is 1.83. The van der Waals surface area contributed by atoms with Crippen molar-refractivity contribution in [2.24, 2.45) is 7.05 Å². The molecule has 0 bridgehead atoms. The highest BCUT2D eigenvalue weighted by Gasteiger charge is 2.06. The van der Waals surface area contributed by atoms with E-state index in [1.54, 1.807) is 0 Å². The van der Waals surface area contributed by atoms with Gasteiger partial charge in [-0.25, -0.2) is 4.98 Å². The summed E-state index contributed by atoms with van der Waals surface area (Å²) in [5.41, 5.74) is 3.19. The van der Waals surface area contributed by atoms with Crippen molar-refractivity contribution < 1.29 is 0 Å². The Labute approximate surface area is 108 Å². The van der Waals surface area contributed by atoms with Crippen LogP contribution in [0.15, 0.2) is 24.4 Å². The predicted octanol–water partition coefficient (Wildman–Crippen LogP) is 2.33. The van der Waals surface area contributed by atoms with Crippen molar-refractivity contribution in [2.75, 3.05) is 6.54 Å². The maximum Gasteiger partial charge on any atom is 0.157 e. The van der Waals surface area contributed by atoms with Crippen LogP contribution in [-0.2, 0) is 13.6 Å². The van der Waals surface area contributed by atoms with E-state index in [1.807, 2.05) is 31.8 Å². The lowest BCUT2D eigenvalue weighted by Gasteiger charge is -2.03. The van der Waals surface area contributed by atoms with Crippen molar-refractivity contribution in [3.05, 3.63) is 35.7 Å². The molecule has 0 radical (unpaired) electrons. The van der Waals surface area contributed by atoms with E-state index < -0.39 is 0 Å². The van der Waals surface area contributed by atoms with Crippen LogP contribution in [0.5, 0.6) is 0 Å². The van der Waals surface area contributed by atoms with Gasteiger partial charge >= 0.3 is 0 Å². The Kier molecular flexibility index (Phi) is 4.10. The minimum Gasteiger partial charge on any atom is -0.312 e. The second-order valence-electron chi connectivity index (χ2n) is 4.46. The second-order valence-corrected chi connectivity index (χ2v) is 4.46. The molecule has 4 heteroatoms. The number of hydrogen-bond donors (Lipinski definition) is 1. The summed E-state index contributed by atoms with van der Waals surface area (Å²) in [7, 11) is 1.93. The lowest BCUT2D eigenvalue weighted by atomic mass is 10.2. The van der Waals surface area contributed by atoms with Gasteiger partial charge in [-0.3, -0.25) is 4.68 Å². The van der Waals surface area contributed by atoms with Gasteiger partial charge in [0.1, 0.15) is 0 Å². The average molecular weight is 244 g/mol. The predicted molar refractivity (Wildman–Crippen MR) is 74.4 cm³/mol. The van der Waals surface area contributed by atoms with Crippen molar-refractivity contribution in [3.63, 3.8) is 0 Å². The first-order valence-electron chi connectivity index (χ1n) is 6.32. The smallest absolute Gasteiger partial charge is 0.157 e. The number of fused-ring (bicyclic) bond motifs is 1. The molecular weight excluding hydrogens is 224 g/mol. The Balaban J connectivity index is 2.03. The molecule has 2 aromatic heterocycles. The van der Waals surface area contributed by atoms with E-state index in [2.05, 4.69) is 33.6 Å². The zero-order valence-electron chi connectivity index (χ0n) is 11.3. The molecule has 0 amide bonds. The van der Waals surface area contributed by atoms with E-state index in [9.17, 15) is 0 Å². The molecule has 4 nitrogen and oxygen atoms in total. The molecule has 96 valence electrons. The molecule has 2 aromatic rings. The highest BCUT2D eigenvalue weighted by molar-refractivity contribution is 5.78. The number of allylic oxidation sites excluding steroid dienone is 1. The minimum atomic E-state index is 0.856. The summed E-state index contributed by atoms with van der Waals surface area (Å²) in [4.78, 5) is 4.46. The normalized spacial score (nSPS) is 11.7. The molecule has 18 heavy (non-hydrogen) atoms. The standard InChI is InChI=1S/C14H20N4/c1-4-5-6-7-15-9-12-8-13-11(2)17-18(3)14(13)16-10-12/h4-5,8,10,15H,6-7,9H2,1-3H3/b5-4+. The van der Waals surface area contributed by atoms with E-state index in [0.717, 1.165) is 36.2 Å². The van der Waals surface area contributed by atoms with Gasteiger partial charge in [0.05, 0.1) is 5.69 Å². The Morgan fingerprint density at radius 1 is 1.44 bits per heavy atom. The number of hydrogen-bond acceptors (Lipinski definition) is 3. The van der Waals surface area contributed by atoms with Gasteiger partial charge in [-0.05, 0) is 38.4 Å². The minimum absolute atomic E-state index is 0.856. The molecule has 0 fully saturated rings. The Hall–Kier alpha value is -1.68. The van der Waals surface area contributed by atoms with Gasteiger partial charge in [-0.15, -0.1) is 0 Å². The van der Waals surface area contributed by atoms with Gasteiger partial charge < -0.3 is 5.32 Å². The largest absolute Gasteiger partial charge is 0.312 e. The summed E-state index contributed by atoms with van der Waals surface area (Å²) in [6.07, 6.45) is 7.23. The zero-order valence-corrected chi connectivity index (χ0v) is 11.3. The van der Waals surface area contributed by atoms with Crippen LogP contribution < -0.4 is 5.32 Å². The van der Waals surface area contributed by atoms with Crippen LogP contribution in [0.3, 0.4) is 0 Å². The molecule has 0 atom stereocenters. The number of aromatic nitrogens is 3. The van der Waals surface area contributed by atoms with Crippen LogP contribution in [-0.4, -0.2) is 21.3 Å². The molecule has 0 saturated heterocycles. The highest BCUT2D eigenvalue weighted by atomic mass is 15.3. The van der Waals surface area contributed by atoms with Crippen molar-refractivity contribution in [3.8, 4) is 0 Å². The molecule has 0 saturated carbocycles. The first-order chi connectivity index (χ1) is 8.72. The van der Waals surface area contributed by atoms with Crippen LogP contribution in [0, 0.1) is 6.92 Å². The van der Waals surface area contributed by atoms with Gasteiger partial charge in [0.25, 0.3) is 0 Å². The van der Waals surface area contributed by atoms with Gasteiger partial charge in [0.2, 0.25) is 0 Å². The van der Waals surface area contributed by atoms with Crippen molar-refractivity contribution in [1.82, 2.24) is 20.1 Å². The van der Waals surface area contributed by atoms with Gasteiger partial charge in [-0.2, -0.15) is 5.10 Å². The number of nitrogens with one attached hydrogen (secondary N) is 1. The van der Waals surface area contributed by atoms with E-state index in [0.29, 0.717) is 0 Å². The molecule has 2 rings (SSSR count). The van der Waals surface area contributed by atoms with E-state index >= 15 is 0 Å². The molecule has 1 N–H and O–H groups in total. The SMILES string of the molecule is C/C=C/CCNCc1cnc2c(c1)c(C)nn2C. The van der Waals surface area contributed by atoms with E-state index in [4.69, 9.17) is 0 Å². The Morgan fingerprint density at radius 3 is 3.06 bits per heavy atom.